The highest BCUT2D eigenvalue weighted by atomic mass is 16.3. The Balaban J connectivity index is 1.10. The van der Waals surface area contributed by atoms with Crippen LogP contribution in [-0.2, 0) is 32.5 Å². The summed E-state index contributed by atoms with van der Waals surface area (Å²) < 4.78 is 10.0. The minimum absolute atomic E-state index is 0.00955. The first-order valence-corrected chi connectivity index (χ1v) is 29.9. The Morgan fingerprint density at radius 2 is 0.963 bits per heavy atom. The van der Waals surface area contributed by atoms with Crippen LogP contribution in [0.25, 0.3) is 71.7 Å². The Kier molecular flexibility index (Phi) is 11.0. The van der Waals surface area contributed by atoms with Crippen molar-refractivity contribution >= 4 is 90.0 Å². The van der Waals surface area contributed by atoms with Crippen molar-refractivity contribution in [3.63, 3.8) is 0 Å². The van der Waals surface area contributed by atoms with Crippen molar-refractivity contribution in [2.45, 2.75) is 150 Å². The molecule has 0 atom stereocenters. The normalized spacial score (nSPS) is 14.7. The average Bonchev–Trinajstić information content (AvgIpc) is 2.00. The lowest BCUT2D eigenvalue weighted by atomic mass is 9.43. The van der Waals surface area contributed by atoms with Crippen molar-refractivity contribution in [1.82, 2.24) is 4.57 Å². The van der Waals surface area contributed by atoms with Gasteiger partial charge in [0.2, 0.25) is 0 Å². The van der Waals surface area contributed by atoms with Gasteiger partial charge in [-0.05, 0) is 166 Å². The molecule has 0 spiro atoms. The van der Waals surface area contributed by atoms with Gasteiger partial charge in [0.1, 0.15) is 11.2 Å². The summed E-state index contributed by atoms with van der Waals surface area (Å²) in [6.07, 6.45) is 0. The maximum atomic E-state index is 7.33. The Morgan fingerprint density at radius 3 is 1.56 bits per heavy atom. The quantitative estimate of drug-likeness (QED) is 0.164. The maximum Gasteiger partial charge on any atom is 0.333 e. The molecule has 3 aliphatic rings. The first-order chi connectivity index (χ1) is 38.6. The van der Waals surface area contributed by atoms with E-state index in [4.69, 9.17) is 4.42 Å². The predicted molar refractivity (Wildman–Crippen MR) is 353 cm³/mol. The van der Waals surface area contributed by atoms with Gasteiger partial charge in [0, 0.05) is 78.8 Å². The monoisotopic (exact) mass is 1070 g/mol. The average molecular weight is 1070 g/mol. The zero-order chi connectivity index (χ0) is 57.7. The molecule has 5 heteroatoms. The van der Waals surface area contributed by atoms with E-state index < -0.39 is 0 Å². The van der Waals surface area contributed by atoms with Crippen LogP contribution >= 0.6 is 0 Å². The molecule has 0 saturated heterocycles. The number of furan rings is 1. The number of hydrogen-bond donors (Lipinski definition) is 0. The third-order valence-corrected chi connectivity index (χ3v) is 18.9. The number of aromatic nitrogens is 1. The maximum absolute atomic E-state index is 7.33. The number of nitrogens with zero attached hydrogens (tertiary/aromatic N) is 3. The van der Waals surface area contributed by atoms with Crippen molar-refractivity contribution in [3.8, 4) is 27.9 Å². The second kappa shape index (κ2) is 17.2. The lowest BCUT2D eigenvalue weighted by molar-refractivity contribution is 0.590. The van der Waals surface area contributed by atoms with Crippen LogP contribution < -0.4 is 20.6 Å². The molecule has 0 bridgehead atoms. The minimum Gasteiger partial charge on any atom is -0.456 e. The minimum atomic E-state index is -0.293. The second-order valence-corrected chi connectivity index (χ2v) is 29.9. The van der Waals surface area contributed by atoms with Crippen LogP contribution in [0.2, 0.25) is 0 Å². The molecule has 0 unspecified atom stereocenters. The zero-order valence-electron chi connectivity index (χ0n) is 51.4. The van der Waals surface area contributed by atoms with Gasteiger partial charge in [0.15, 0.2) is 0 Å². The van der Waals surface area contributed by atoms with Crippen molar-refractivity contribution in [2.24, 2.45) is 0 Å². The third kappa shape index (κ3) is 7.70. The second-order valence-electron chi connectivity index (χ2n) is 29.9. The molecular formula is C77H78BN3O. The number of rotatable bonds is 4. The first-order valence-electron chi connectivity index (χ1n) is 29.9. The molecule has 11 aromatic rings. The summed E-state index contributed by atoms with van der Waals surface area (Å²) in [5, 5.41) is 4.93. The van der Waals surface area contributed by atoms with E-state index in [9.17, 15) is 0 Å². The van der Waals surface area contributed by atoms with Crippen LogP contribution in [0.5, 0.6) is 0 Å². The molecule has 82 heavy (non-hydrogen) atoms. The summed E-state index contributed by atoms with van der Waals surface area (Å²) >= 11 is 0. The topological polar surface area (TPSA) is 24.6 Å². The van der Waals surface area contributed by atoms with Gasteiger partial charge < -0.3 is 18.7 Å². The molecule has 0 N–H and O–H groups in total. The highest BCUT2D eigenvalue weighted by molar-refractivity contribution is 6.94. The SMILES string of the molecule is CC(C)(C)c1ccc(N2B3c4cc(C(C)(C)C)ccc4-n4c5ccc(C(C)(C)C)cc5c5c6c(c(c3c54)-c3cc4c(cc32)oc2cc(N(c3ccc(C(C)(C)C)cc3)c3ccc(C(C)(C)C)cc3)ccc24)-c2ccccc2C6(C)C)cc1. The lowest BCUT2D eigenvalue weighted by Crippen LogP contribution is -2.61. The smallest absolute Gasteiger partial charge is 0.333 e. The molecule has 9 aromatic carbocycles. The van der Waals surface area contributed by atoms with Crippen LogP contribution in [0, 0.1) is 0 Å². The molecular weight excluding hydrogens is 994 g/mol. The van der Waals surface area contributed by atoms with E-state index in [-0.39, 0.29) is 39.3 Å². The van der Waals surface area contributed by atoms with Gasteiger partial charge in [-0.15, -0.1) is 0 Å². The molecule has 2 aliphatic heterocycles. The Bertz CT molecular complexity index is 4420. The van der Waals surface area contributed by atoms with Crippen molar-refractivity contribution in [2.75, 3.05) is 9.71 Å². The molecule has 0 amide bonds. The lowest BCUT2D eigenvalue weighted by Gasteiger charge is -2.43. The molecule has 0 saturated carbocycles. The van der Waals surface area contributed by atoms with Crippen molar-refractivity contribution in [3.05, 3.63) is 203 Å². The van der Waals surface area contributed by atoms with E-state index in [0.29, 0.717) is 0 Å². The summed E-state index contributed by atoms with van der Waals surface area (Å²) in [6.45, 7) is 39.5. The molecule has 1 aliphatic carbocycles. The summed E-state index contributed by atoms with van der Waals surface area (Å²) in [7, 11) is 0. The van der Waals surface area contributed by atoms with E-state index in [2.05, 4.69) is 296 Å². The molecule has 0 radical (unpaired) electrons. The van der Waals surface area contributed by atoms with E-state index in [1.807, 2.05) is 0 Å². The Morgan fingerprint density at radius 1 is 0.439 bits per heavy atom. The van der Waals surface area contributed by atoms with E-state index >= 15 is 0 Å². The molecule has 14 rings (SSSR count). The van der Waals surface area contributed by atoms with Crippen molar-refractivity contribution < 1.29 is 4.42 Å². The highest BCUT2D eigenvalue weighted by Gasteiger charge is 2.50. The molecule has 4 heterocycles. The van der Waals surface area contributed by atoms with Gasteiger partial charge in [-0.1, -0.05) is 197 Å². The summed E-state index contributed by atoms with van der Waals surface area (Å²) in [4.78, 5) is 5.08. The van der Waals surface area contributed by atoms with E-state index in [1.54, 1.807) is 0 Å². The van der Waals surface area contributed by atoms with Gasteiger partial charge >= 0.3 is 6.85 Å². The Labute approximate surface area is 486 Å². The number of fused-ring (bicyclic) bond motifs is 16. The predicted octanol–water partition coefficient (Wildman–Crippen LogP) is 20.2. The van der Waals surface area contributed by atoms with E-state index in [0.717, 1.165) is 50.4 Å². The largest absolute Gasteiger partial charge is 0.456 e. The van der Waals surface area contributed by atoms with Crippen LogP contribution in [-0.4, -0.2) is 11.4 Å². The van der Waals surface area contributed by atoms with Gasteiger partial charge in [-0.2, -0.15) is 0 Å². The number of benzene rings is 9. The summed E-state index contributed by atoms with van der Waals surface area (Å²) in [6, 6.07) is 63.6. The zero-order valence-corrected chi connectivity index (χ0v) is 51.4. The fourth-order valence-electron chi connectivity index (χ4n) is 14.3. The number of hydrogen-bond acceptors (Lipinski definition) is 3. The van der Waals surface area contributed by atoms with Crippen LogP contribution in [0.4, 0.5) is 28.4 Å². The highest BCUT2D eigenvalue weighted by Crippen LogP contribution is 2.60. The molecule has 2 aromatic heterocycles. The molecule has 410 valence electrons. The van der Waals surface area contributed by atoms with Gasteiger partial charge in [-0.3, -0.25) is 0 Å². The molecule has 4 nitrogen and oxygen atoms in total. The van der Waals surface area contributed by atoms with E-state index in [1.165, 1.54) is 99.6 Å². The standard InChI is InChI=1S/C77H78BN3O/c1-72(2,3)45-22-30-50(31-23-45)79(51-32-24-46(25-33-51)73(4,5)6)53-36-37-54-56-43-58-63(44-65(56)82-64(54)42-53)81(52-34-26-47(27-35-52)74(7,8)9)78-60-41-49(76(13,14)15)29-39-62(60)80-61-38-28-48(75(10,11)12)40-57(61)68-69-66(67(58)70(78)71(68)80)55-20-18-19-21-59(55)77(69,16)17/h18-44H,1-17H3. The fourth-order valence-corrected chi connectivity index (χ4v) is 14.3. The first kappa shape index (κ1) is 52.3. The van der Waals surface area contributed by atoms with Crippen molar-refractivity contribution in [1.29, 1.82) is 0 Å². The fraction of sp³-hybridized carbons (Fsp3) is 0.299. The summed E-state index contributed by atoms with van der Waals surface area (Å²) in [5.41, 5.74) is 28.2. The van der Waals surface area contributed by atoms with Gasteiger partial charge in [0.25, 0.3) is 0 Å². The van der Waals surface area contributed by atoms with Gasteiger partial charge in [0.05, 0.1) is 11.0 Å². The third-order valence-electron chi connectivity index (χ3n) is 18.9. The Hall–Kier alpha value is -7.76. The summed E-state index contributed by atoms with van der Waals surface area (Å²) in [5.74, 6) is 0. The van der Waals surface area contributed by atoms with Crippen LogP contribution in [0.3, 0.4) is 0 Å². The van der Waals surface area contributed by atoms with Crippen LogP contribution in [0.15, 0.2) is 168 Å². The van der Waals surface area contributed by atoms with Crippen LogP contribution in [0.1, 0.15) is 157 Å². The molecule has 0 fully saturated rings. The van der Waals surface area contributed by atoms with Gasteiger partial charge in [-0.25, -0.2) is 0 Å². The number of anilines is 5.